The van der Waals surface area contributed by atoms with Crippen LogP contribution in [0.2, 0.25) is 0 Å². The zero-order chi connectivity index (χ0) is 24.9. The molecule has 3 heterocycles. The van der Waals surface area contributed by atoms with Gasteiger partial charge in [0, 0.05) is 43.9 Å². The van der Waals surface area contributed by atoms with Crippen molar-refractivity contribution in [3.05, 3.63) is 40.8 Å². The van der Waals surface area contributed by atoms with E-state index in [4.69, 9.17) is 9.47 Å². The van der Waals surface area contributed by atoms with E-state index in [9.17, 15) is 4.79 Å². The number of benzene rings is 1. The molecule has 2 aliphatic heterocycles. The Hall–Kier alpha value is -3.36. The number of anilines is 3. The fraction of sp³-hybridized carbons (Fsp3) is 0.500. The number of likely N-dealkylation sites (tertiary alicyclic amines) is 1. The molecule has 186 valence electrons. The summed E-state index contributed by atoms with van der Waals surface area (Å²) in [5.74, 6) is 1.67. The van der Waals surface area contributed by atoms with Gasteiger partial charge in [-0.05, 0) is 57.6 Å². The molecule has 0 bridgehead atoms. The van der Waals surface area contributed by atoms with Gasteiger partial charge in [0.1, 0.15) is 17.2 Å². The molecular weight excluding hydrogens is 449 g/mol. The highest BCUT2D eigenvalue weighted by molar-refractivity contribution is 5.80. The molecule has 35 heavy (non-hydrogen) atoms. The summed E-state index contributed by atoms with van der Waals surface area (Å²) in [7, 11) is 1.78. The number of carbonyl (C=O) groups is 1. The lowest BCUT2D eigenvalue weighted by Gasteiger charge is -2.25. The first-order valence-corrected chi connectivity index (χ1v) is 12.1. The van der Waals surface area contributed by atoms with Gasteiger partial charge in [-0.3, -0.25) is 0 Å². The summed E-state index contributed by atoms with van der Waals surface area (Å²) in [6.07, 6.45) is 3.23. The van der Waals surface area contributed by atoms with Crippen LogP contribution < -0.4 is 15.4 Å². The minimum atomic E-state index is -0.529. The Morgan fingerprint density at radius 1 is 1.26 bits per heavy atom. The Morgan fingerprint density at radius 3 is 2.77 bits per heavy atom. The maximum atomic E-state index is 16.0. The Morgan fingerprint density at radius 2 is 2.06 bits per heavy atom. The molecule has 0 spiro atoms. The predicted octanol–water partition coefficient (Wildman–Crippen LogP) is 4.91. The normalized spacial score (nSPS) is 20.7. The van der Waals surface area contributed by atoms with Crippen LogP contribution >= 0.6 is 0 Å². The number of ether oxygens (including phenoxy) is 2. The van der Waals surface area contributed by atoms with Crippen molar-refractivity contribution >= 4 is 29.1 Å². The van der Waals surface area contributed by atoms with Gasteiger partial charge in [-0.15, -0.1) is 0 Å². The zero-order valence-corrected chi connectivity index (χ0v) is 20.9. The van der Waals surface area contributed by atoms with E-state index in [2.05, 4.69) is 26.7 Å². The van der Waals surface area contributed by atoms with Gasteiger partial charge in [-0.25, -0.2) is 14.2 Å². The Bertz CT molecular complexity index is 1210. The number of aromatic nitrogens is 2. The largest absolute Gasteiger partial charge is 0.492 e. The number of fused-ring (bicyclic) bond motifs is 2. The third kappa shape index (κ3) is 4.63. The number of aryl methyl sites for hydroxylation is 1. The van der Waals surface area contributed by atoms with Gasteiger partial charge in [-0.1, -0.05) is 6.08 Å². The van der Waals surface area contributed by atoms with E-state index >= 15 is 4.39 Å². The fourth-order valence-corrected chi connectivity index (χ4v) is 5.13. The number of rotatable bonds is 4. The highest BCUT2D eigenvalue weighted by Crippen LogP contribution is 2.48. The molecule has 9 heteroatoms. The third-order valence-corrected chi connectivity index (χ3v) is 6.63. The first-order chi connectivity index (χ1) is 16.6. The minimum absolute atomic E-state index is 0.170. The van der Waals surface area contributed by atoms with Crippen molar-refractivity contribution in [2.45, 2.75) is 46.1 Å². The number of hydrogen-bond acceptors (Lipinski definition) is 7. The van der Waals surface area contributed by atoms with Crippen LogP contribution in [-0.4, -0.2) is 53.3 Å². The summed E-state index contributed by atoms with van der Waals surface area (Å²) < 4.78 is 27.4. The average Bonchev–Trinajstić information content (AvgIpc) is 3.47. The molecule has 0 radical (unpaired) electrons. The molecule has 1 amide bonds. The van der Waals surface area contributed by atoms with Crippen LogP contribution in [0.4, 0.5) is 26.6 Å². The van der Waals surface area contributed by atoms with Crippen molar-refractivity contribution in [1.82, 2.24) is 14.9 Å². The van der Waals surface area contributed by atoms with Gasteiger partial charge in [0.15, 0.2) is 5.82 Å². The molecule has 0 saturated carbocycles. The summed E-state index contributed by atoms with van der Waals surface area (Å²) in [5, 5.41) is 6.09. The van der Waals surface area contributed by atoms with Gasteiger partial charge < -0.3 is 25.0 Å². The van der Waals surface area contributed by atoms with Crippen LogP contribution in [0.1, 0.15) is 44.0 Å². The van der Waals surface area contributed by atoms with Gasteiger partial charge in [0.2, 0.25) is 5.95 Å². The number of nitrogens with zero attached hydrogens (tertiary/aromatic N) is 3. The highest BCUT2D eigenvalue weighted by atomic mass is 19.1. The number of nitrogens with one attached hydrogen (secondary N) is 2. The second kappa shape index (κ2) is 8.70. The van der Waals surface area contributed by atoms with Gasteiger partial charge in [0.25, 0.3) is 0 Å². The molecule has 1 fully saturated rings. The van der Waals surface area contributed by atoms with Crippen LogP contribution in [0.25, 0.3) is 5.57 Å². The molecule has 1 aromatic heterocycles. The maximum absolute atomic E-state index is 16.0. The Balaban J connectivity index is 1.42. The van der Waals surface area contributed by atoms with Crippen molar-refractivity contribution in [3.63, 3.8) is 0 Å². The second-order valence-corrected chi connectivity index (χ2v) is 10.5. The monoisotopic (exact) mass is 481 g/mol. The Labute approximate surface area is 204 Å². The lowest BCUT2D eigenvalue weighted by molar-refractivity contribution is 0.0285. The van der Waals surface area contributed by atoms with Gasteiger partial charge >= 0.3 is 6.09 Å². The Kier molecular flexibility index (Phi) is 5.81. The molecule has 1 unspecified atom stereocenters. The standard InChI is InChI=1S/C26H32FN5O3/c1-14-8-20(28-5)31-24(29-14)30-19-11-15-6-7-34-23(15)21(22(19)27)16-9-17-12-32(13-18(17)10-16)25(33)35-26(2,3)4/h8-9,11,17-18H,6-7,10,12-13H2,1-5H3,(H2,28,29,30,31)/t17-,18?/m1/s1. The van der Waals surface area contributed by atoms with E-state index < -0.39 is 5.60 Å². The van der Waals surface area contributed by atoms with Gasteiger partial charge in [-0.2, -0.15) is 4.98 Å². The SMILES string of the molecule is CNc1cc(C)nc(Nc2cc3c(c(C4=C[C@@H]5CN(C(=O)OC(C)(C)C)CC5C4)c2F)OCC3)n1. The van der Waals surface area contributed by atoms with Crippen molar-refractivity contribution in [2.75, 3.05) is 37.4 Å². The van der Waals surface area contributed by atoms with E-state index in [1.54, 1.807) is 18.0 Å². The van der Waals surface area contributed by atoms with E-state index in [1.807, 2.05) is 33.8 Å². The molecule has 8 nitrogen and oxygen atoms in total. The summed E-state index contributed by atoms with van der Waals surface area (Å²) in [6.45, 7) is 9.18. The molecule has 1 aromatic carbocycles. The van der Waals surface area contributed by atoms with E-state index in [0.29, 0.717) is 54.9 Å². The van der Waals surface area contributed by atoms with Gasteiger partial charge in [0.05, 0.1) is 17.9 Å². The molecule has 1 saturated heterocycles. The number of allylic oxidation sites excluding steroid dienone is 1. The molecule has 3 aliphatic rings. The highest BCUT2D eigenvalue weighted by Gasteiger charge is 2.41. The molecule has 5 rings (SSSR count). The van der Waals surface area contributed by atoms with Crippen LogP contribution in [0, 0.1) is 24.6 Å². The number of carbonyl (C=O) groups excluding carboxylic acids is 1. The fourth-order valence-electron chi connectivity index (χ4n) is 5.13. The summed E-state index contributed by atoms with van der Waals surface area (Å²) in [4.78, 5) is 23.1. The maximum Gasteiger partial charge on any atom is 0.410 e. The molecule has 2 atom stereocenters. The topological polar surface area (TPSA) is 88.6 Å². The van der Waals surface area contributed by atoms with Crippen molar-refractivity contribution in [1.29, 1.82) is 0 Å². The summed E-state index contributed by atoms with van der Waals surface area (Å²) >= 11 is 0. The molecule has 2 aromatic rings. The van der Waals surface area contributed by atoms with Crippen molar-refractivity contribution in [2.24, 2.45) is 11.8 Å². The summed E-state index contributed by atoms with van der Waals surface area (Å²) in [6, 6.07) is 3.62. The first kappa shape index (κ1) is 23.4. The van der Waals surface area contributed by atoms with Crippen LogP contribution in [0.5, 0.6) is 5.75 Å². The molecular formula is C26H32FN5O3. The predicted molar refractivity (Wildman–Crippen MR) is 133 cm³/mol. The smallest absolute Gasteiger partial charge is 0.410 e. The lowest BCUT2D eigenvalue weighted by Crippen LogP contribution is -2.35. The molecule has 2 N–H and O–H groups in total. The van der Waals surface area contributed by atoms with Crippen LogP contribution in [0.15, 0.2) is 18.2 Å². The zero-order valence-electron chi connectivity index (χ0n) is 20.9. The molecule has 1 aliphatic carbocycles. The quantitative estimate of drug-likeness (QED) is 0.641. The number of hydrogen-bond donors (Lipinski definition) is 2. The lowest BCUT2D eigenvalue weighted by atomic mass is 9.96. The van der Waals surface area contributed by atoms with Crippen LogP contribution in [0.3, 0.4) is 0 Å². The van der Waals surface area contributed by atoms with Crippen molar-refractivity contribution < 1.29 is 18.7 Å². The average molecular weight is 482 g/mol. The van der Waals surface area contributed by atoms with Crippen LogP contribution in [-0.2, 0) is 11.2 Å². The van der Waals surface area contributed by atoms with E-state index in [0.717, 1.165) is 23.3 Å². The van der Waals surface area contributed by atoms with Crippen molar-refractivity contribution in [3.8, 4) is 5.75 Å². The number of amides is 1. The summed E-state index contributed by atoms with van der Waals surface area (Å²) in [5.41, 5.74) is 3.01. The first-order valence-electron chi connectivity index (χ1n) is 12.1. The van der Waals surface area contributed by atoms with E-state index in [-0.39, 0.29) is 23.7 Å². The van der Waals surface area contributed by atoms with E-state index in [1.165, 1.54) is 0 Å². The third-order valence-electron chi connectivity index (χ3n) is 6.63. The second-order valence-electron chi connectivity index (χ2n) is 10.5. The number of halogens is 1. The minimum Gasteiger partial charge on any atom is -0.492 e.